The van der Waals surface area contributed by atoms with Gasteiger partial charge in [-0.15, -0.1) is 0 Å². The standard InChI is InChI=1S/C10H17N3O5/c1-10(2)17-7-6(14)5(4-12-13-11)16-9(15-3)8(7)18-10/h5-9,14H,4H2,1-3H3/t5?,6-,7?,8-,9-/m0/s1. The zero-order valence-electron chi connectivity index (χ0n) is 10.5. The van der Waals surface area contributed by atoms with E-state index in [1.54, 1.807) is 13.8 Å². The quantitative estimate of drug-likeness (QED) is 0.452. The summed E-state index contributed by atoms with van der Waals surface area (Å²) >= 11 is 0. The Kier molecular flexibility index (Phi) is 3.76. The largest absolute Gasteiger partial charge is 0.388 e. The summed E-state index contributed by atoms with van der Waals surface area (Å²) in [5.74, 6) is -0.802. The Bertz CT molecular complexity index is 357. The molecule has 0 aliphatic carbocycles. The van der Waals surface area contributed by atoms with Crippen molar-refractivity contribution in [2.24, 2.45) is 5.11 Å². The lowest BCUT2D eigenvalue weighted by atomic mass is 9.99. The van der Waals surface area contributed by atoms with Crippen molar-refractivity contribution in [1.82, 2.24) is 0 Å². The Labute approximate surface area is 104 Å². The summed E-state index contributed by atoms with van der Waals surface area (Å²) in [6.45, 7) is 3.53. The number of fused-ring (bicyclic) bond motifs is 1. The Morgan fingerprint density at radius 3 is 2.67 bits per heavy atom. The molecule has 2 aliphatic heterocycles. The molecule has 5 atom stereocenters. The predicted molar refractivity (Wildman–Crippen MR) is 59.5 cm³/mol. The van der Waals surface area contributed by atoms with Crippen LogP contribution >= 0.6 is 0 Å². The maximum atomic E-state index is 10.1. The molecule has 2 rings (SSSR count). The number of ether oxygens (including phenoxy) is 4. The number of hydrogen-bond donors (Lipinski definition) is 1. The molecule has 1 N–H and O–H groups in total. The molecule has 8 nitrogen and oxygen atoms in total. The fourth-order valence-corrected chi connectivity index (χ4v) is 2.29. The van der Waals surface area contributed by atoms with Crippen molar-refractivity contribution in [1.29, 1.82) is 0 Å². The topological polar surface area (TPSA) is 106 Å². The van der Waals surface area contributed by atoms with Crippen LogP contribution in [0.4, 0.5) is 0 Å². The van der Waals surface area contributed by atoms with Gasteiger partial charge in [-0.2, -0.15) is 0 Å². The van der Waals surface area contributed by atoms with E-state index in [4.69, 9.17) is 24.5 Å². The lowest BCUT2D eigenvalue weighted by Crippen LogP contribution is -2.57. The van der Waals surface area contributed by atoms with E-state index < -0.39 is 36.5 Å². The summed E-state index contributed by atoms with van der Waals surface area (Å²) in [4.78, 5) is 2.65. The van der Waals surface area contributed by atoms with E-state index in [0.29, 0.717) is 0 Å². The van der Waals surface area contributed by atoms with E-state index in [-0.39, 0.29) is 6.54 Å². The van der Waals surface area contributed by atoms with Crippen LogP contribution in [0.15, 0.2) is 5.11 Å². The second-order valence-electron chi connectivity index (χ2n) is 4.75. The molecule has 0 aromatic rings. The molecule has 2 heterocycles. The van der Waals surface area contributed by atoms with Crippen LogP contribution in [0.25, 0.3) is 10.4 Å². The van der Waals surface area contributed by atoms with Crippen molar-refractivity contribution in [3.05, 3.63) is 10.4 Å². The van der Waals surface area contributed by atoms with Crippen LogP contribution in [-0.2, 0) is 18.9 Å². The van der Waals surface area contributed by atoms with Gasteiger partial charge in [-0.1, -0.05) is 5.11 Å². The first-order chi connectivity index (χ1) is 8.48. The number of rotatable bonds is 3. The van der Waals surface area contributed by atoms with Crippen LogP contribution in [0.2, 0.25) is 0 Å². The molecule has 0 bridgehead atoms. The second kappa shape index (κ2) is 5.00. The van der Waals surface area contributed by atoms with Crippen molar-refractivity contribution in [2.45, 2.75) is 50.3 Å². The fourth-order valence-electron chi connectivity index (χ4n) is 2.29. The second-order valence-corrected chi connectivity index (χ2v) is 4.75. The van der Waals surface area contributed by atoms with E-state index >= 15 is 0 Å². The zero-order valence-corrected chi connectivity index (χ0v) is 10.5. The van der Waals surface area contributed by atoms with Crippen molar-refractivity contribution in [3.63, 3.8) is 0 Å². The van der Waals surface area contributed by atoms with E-state index in [0.717, 1.165) is 0 Å². The van der Waals surface area contributed by atoms with Crippen LogP contribution in [0, 0.1) is 0 Å². The van der Waals surface area contributed by atoms with E-state index in [1.807, 2.05) is 0 Å². The van der Waals surface area contributed by atoms with E-state index in [2.05, 4.69) is 10.0 Å². The van der Waals surface area contributed by atoms with Crippen molar-refractivity contribution in [2.75, 3.05) is 13.7 Å². The molecule has 0 aromatic heterocycles. The highest BCUT2D eigenvalue weighted by molar-refractivity contribution is 4.96. The van der Waals surface area contributed by atoms with Gasteiger partial charge in [0.15, 0.2) is 12.1 Å². The van der Waals surface area contributed by atoms with Gasteiger partial charge in [-0.25, -0.2) is 0 Å². The molecule has 0 saturated carbocycles. The molecule has 0 aromatic carbocycles. The zero-order chi connectivity index (χ0) is 13.3. The van der Waals surface area contributed by atoms with Crippen molar-refractivity contribution in [3.8, 4) is 0 Å². The normalized spacial score (nSPS) is 42.1. The molecule has 8 heteroatoms. The average molecular weight is 259 g/mol. The number of aliphatic hydroxyl groups excluding tert-OH is 1. The molecule has 0 amide bonds. The van der Waals surface area contributed by atoms with Gasteiger partial charge in [0, 0.05) is 12.0 Å². The minimum atomic E-state index is -0.923. The SMILES string of the molecule is CO[C@H]1OC(CN=[N+]=[N-])[C@H](O)C2OC(C)(C)O[C@@H]21. The highest BCUT2D eigenvalue weighted by Crippen LogP contribution is 2.37. The van der Waals surface area contributed by atoms with Crippen LogP contribution in [0.3, 0.4) is 0 Å². The van der Waals surface area contributed by atoms with Gasteiger partial charge in [0.05, 0.1) is 12.6 Å². The van der Waals surface area contributed by atoms with Gasteiger partial charge in [0.25, 0.3) is 0 Å². The first-order valence-corrected chi connectivity index (χ1v) is 5.71. The first-order valence-electron chi connectivity index (χ1n) is 5.71. The Morgan fingerprint density at radius 2 is 2.06 bits per heavy atom. The minimum absolute atomic E-state index is 0.0184. The van der Waals surface area contributed by atoms with Crippen LogP contribution in [0.1, 0.15) is 13.8 Å². The lowest BCUT2D eigenvalue weighted by molar-refractivity contribution is -0.264. The molecule has 2 saturated heterocycles. The summed E-state index contributed by atoms with van der Waals surface area (Å²) in [6.07, 6.45) is -3.29. The minimum Gasteiger partial charge on any atom is -0.388 e. The third-order valence-electron chi connectivity index (χ3n) is 3.02. The highest BCUT2D eigenvalue weighted by atomic mass is 16.8. The number of aliphatic hydroxyl groups is 1. The van der Waals surface area contributed by atoms with Crippen LogP contribution < -0.4 is 0 Å². The third kappa shape index (κ3) is 2.44. The summed E-state index contributed by atoms with van der Waals surface area (Å²) in [5, 5.41) is 13.6. The Morgan fingerprint density at radius 1 is 1.39 bits per heavy atom. The maximum absolute atomic E-state index is 10.1. The summed E-state index contributed by atoms with van der Waals surface area (Å²) in [5.41, 5.74) is 8.31. The van der Waals surface area contributed by atoms with Crippen LogP contribution in [0.5, 0.6) is 0 Å². The molecule has 0 spiro atoms. The van der Waals surface area contributed by atoms with Crippen molar-refractivity contribution >= 4 is 0 Å². The van der Waals surface area contributed by atoms with E-state index in [1.165, 1.54) is 7.11 Å². The van der Waals surface area contributed by atoms with Gasteiger partial charge in [-0.05, 0) is 19.4 Å². The van der Waals surface area contributed by atoms with Crippen molar-refractivity contribution < 1.29 is 24.1 Å². The number of methoxy groups -OCH3 is 1. The molecule has 2 unspecified atom stereocenters. The number of azide groups is 1. The monoisotopic (exact) mass is 259 g/mol. The molecule has 2 fully saturated rings. The molecule has 18 heavy (non-hydrogen) atoms. The Hall–Kier alpha value is -0.890. The van der Waals surface area contributed by atoms with Crippen LogP contribution in [-0.4, -0.2) is 55.3 Å². The van der Waals surface area contributed by atoms with E-state index in [9.17, 15) is 5.11 Å². The summed E-state index contributed by atoms with van der Waals surface area (Å²) in [6, 6.07) is 0. The molecular formula is C10H17N3O5. The average Bonchev–Trinajstić information content (AvgIpc) is 2.65. The summed E-state index contributed by atoms with van der Waals surface area (Å²) < 4.78 is 22.0. The number of nitrogens with zero attached hydrogens (tertiary/aromatic N) is 3. The predicted octanol–water partition coefficient (Wildman–Crippen LogP) is 0.549. The van der Waals surface area contributed by atoms with Gasteiger partial charge in [0.2, 0.25) is 0 Å². The number of hydrogen-bond acceptors (Lipinski definition) is 6. The fraction of sp³-hybridized carbons (Fsp3) is 1.00. The molecule has 102 valence electrons. The van der Waals surface area contributed by atoms with Gasteiger partial charge in [0.1, 0.15) is 18.3 Å². The van der Waals surface area contributed by atoms with Gasteiger partial charge >= 0.3 is 0 Å². The third-order valence-corrected chi connectivity index (χ3v) is 3.02. The Balaban J connectivity index is 2.16. The first kappa shape index (κ1) is 13.5. The smallest absolute Gasteiger partial charge is 0.186 e. The molecular weight excluding hydrogens is 242 g/mol. The maximum Gasteiger partial charge on any atom is 0.186 e. The lowest BCUT2D eigenvalue weighted by Gasteiger charge is -2.38. The molecule has 2 aliphatic rings. The van der Waals surface area contributed by atoms with Gasteiger partial charge < -0.3 is 24.1 Å². The highest BCUT2D eigenvalue weighted by Gasteiger charge is 2.54. The van der Waals surface area contributed by atoms with Gasteiger partial charge in [-0.3, -0.25) is 0 Å². The molecule has 0 radical (unpaired) electrons. The summed E-state index contributed by atoms with van der Waals surface area (Å²) in [7, 11) is 1.48.